The molecule has 0 saturated heterocycles. The van der Waals surface area contributed by atoms with Crippen LogP contribution in [0.15, 0.2) is 48.8 Å². The molecule has 4 bridgehead atoms. The minimum Gasteiger partial charge on any atom is -0.458 e. The summed E-state index contributed by atoms with van der Waals surface area (Å²) in [4.78, 5) is 95.2. The van der Waals surface area contributed by atoms with E-state index in [0.29, 0.717) is 38.8 Å². The smallest absolute Gasteiger partial charge is 0.417 e. The predicted octanol–water partition coefficient (Wildman–Crippen LogP) is 6.54. The number of imide groups is 1. The number of alkyl halides is 6. The number of fused-ring (bicyclic) bond motifs is 8. The van der Waals surface area contributed by atoms with Gasteiger partial charge in [-0.15, -0.1) is 0 Å². The van der Waals surface area contributed by atoms with Gasteiger partial charge < -0.3 is 39.9 Å². The zero-order valence-corrected chi connectivity index (χ0v) is 39.8. The summed E-state index contributed by atoms with van der Waals surface area (Å²) in [5, 5.41) is 7.63. The van der Waals surface area contributed by atoms with Gasteiger partial charge in [0, 0.05) is 59.1 Å². The number of hydrogen-bond acceptors (Lipinski definition) is 10. The van der Waals surface area contributed by atoms with Gasteiger partial charge in [0.1, 0.15) is 12.2 Å². The molecule has 2 aromatic carbocycles. The molecule has 10 unspecified atom stereocenters. The van der Waals surface area contributed by atoms with Gasteiger partial charge in [0.2, 0.25) is 23.6 Å². The van der Waals surface area contributed by atoms with Crippen LogP contribution in [-0.4, -0.2) is 122 Å². The highest BCUT2D eigenvalue weighted by molar-refractivity contribution is 6.07. The summed E-state index contributed by atoms with van der Waals surface area (Å²) in [6.45, 7) is 1.84. The first-order valence-electron chi connectivity index (χ1n) is 24.1. The second-order valence-electron chi connectivity index (χ2n) is 20.1. The average molecular weight is 1000 g/mol. The van der Waals surface area contributed by atoms with E-state index in [1.807, 2.05) is 38.0 Å². The van der Waals surface area contributed by atoms with E-state index < -0.39 is 119 Å². The Morgan fingerprint density at radius 2 is 0.972 bits per heavy atom. The molecule has 6 fully saturated rings. The number of esters is 2. The zero-order chi connectivity index (χ0) is 51.1. The second kappa shape index (κ2) is 20.6. The number of hydrogen-bond donors (Lipinski definition) is 5. The molecule has 15 nitrogen and oxygen atoms in total. The van der Waals surface area contributed by atoms with Crippen molar-refractivity contribution in [1.29, 1.82) is 0 Å². The van der Waals surface area contributed by atoms with Gasteiger partial charge in [-0.3, -0.25) is 24.5 Å². The molecule has 6 saturated carbocycles. The standard InChI is InChI=1S/C50H59F6N7O8/c1-62(2)19-7-17-57-43(64)37-25-13-15-27(35(21-25)70-47(68)29-23-59-33-11-5-9-31(39(29)33)49(51,52)53)41(37)45(66)61-46(67)42-28-16-14-26(38(42)44(65)58-18-8-20-63(3)4)22-36(28)71-48(69)30-24-60-34-12-6-10-32(40(30)34)50(54,55)56/h5-6,9-12,23-28,35-38,41-42,59-60H,7-8,13-22H2,1-4H3,(H,57,64)(H,58,65)(H,61,66,67). The molecule has 384 valence electrons. The Morgan fingerprint density at radius 3 is 1.34 bits per heavy atom. The van der Waals surface area contributed by atoms with Gasteiger partial charge in [-0.1, -0.05) is 12.1 Å². The van der Waals surface area contributed by atoms with Gasteiger partial charge >= 0.3 is 24.3 Å². The lowest BCUT2D eigenvalue weighted by Crippen LogP contribution is -2.61. The molecule has 10 atom stereocenters. The van der Waals surface area contributed by atoms with Crippen LogP contribution >= 0.6 is 0 Å². The monoisotopic (exact) mass is 999 g/mol. The van der Waals surface area contributed by atoms with Gasteiger partial charge in [0.25, 0.3) is 0 Å². The number of halogens is 6. The number of H-pyrrole nitrogens is 2. The third-order valence-electron chi connectivity index (χ3n) is 15.1. The Morgan fingerprint density at radius 1 is 0.577 bits per heavy atom. The SMILES string of the molecule is CN(C)CCCNC(=O)C1C2CCC(C(OC(=O)c3c[nH]c4cccc(C(F)(F)F)c34)C2)C1C(=O)NC(=O)C1C2CCC(CC2OC(=O)c2c[nH]c3cccc(C(F)(F)F)c23)C1C(=O)NCCCN(C)C. The van der Waals surface area contributed by atoms with E-state index in [9.17, 15) is 55.1 Å². The maximum atomic E-state index is 14.9. The van der Waals surface area contributed by atoms with Crippen molar-refractivity contribution >= 4 is 57.4 Å². The summed E-state index contributed by atoms with van der Waals surface area (Å²) in [7, 11) is 7.51. The fourth-order valence-electron chi connectivity index (χ4n) is 12.0. The Hall–Kier alpha value is -5.96. The minimum absolute atomic E-state index is 0.0567. The quantitative estimate of drug-likeness (QED) is 0.0356. The summed E-state index contributed by atoms with van der Waals surface area (Å²) in [6, 6.07) is 6.92. The normalized spacial score (nSPS) is 26.2. The highest BCUT2D eigenvalue weighted by Gasteiger charge is 2.59. The maximum absolute atomic E-state index is 14.9. The van der Waals surface area contributed by atoms with Crippen LogP contribution < -0.4 is 16.0 Å². The van der Waals surface area contributed by atoms with E-state index in [1.165, 1.54) is 24.3 Å². The molecule has 0 radical (unpaired) electrons. The van der Waals surface area contributed by atoms with Gasteiger partial charge in [0.05, 0.1) is 45.9 Å². The molecule has 5 N–H and O–H groups in total. The summed E-state index contributed by atoms with van der Waals surface area (Å²) < 4.78 is 96.9. The van der Waals surface area contributed by atoms with E-state index >= 15 is 0 Å². The largest absolute Gasteiger partial charge is 0.458 e. The lowest BCUT2D eigenvalue weighted by molar-refractivity contribution is -0.162. The number of rotatable bonds is 16. The Kier molecular flexibility index (Phi) is 14.9. The van der Waals surface area contributed by atoms with Crippen LogP contribution in [0, 0.1) is 47.3 Å². The predicted molar refractivity (Wildman–Crippen MR) is 246 cm³/mol. The van der Waals surface area contributed by atoms with E-state index in [1.54, 1.807) is 0 Å². The van der Waals surface area contributed by atoms with E-state index in [4.69, 9.17) is 9.47 Å². The zero-order valence-electron chi connectivity index (χ0n) is 39.8. The van der Waals surface area contributed by atoms with Crippen LogP contribution in [0.4, 0.5) is 26.3 Å². The lowest BCUT2D eigenvalue weighted by atomic mass is 9.56. The minimum atomic E-state index is -4.80. The molecule has 4 aromatic rings. The van der Waals surface area contributed by atoms with Crippen molar-refractivity contribution < 1.29 is 64.6 Å². The van der Waals surface area contributed by atoms with Crippen LogP contribution in [0.1, 0.15) is 83.2 Å². The molecule has 21 heteroatoms. The molecule has 2 aromatic heterocycles. The molecule has 10 rings (SSSR count). The van der Waals surface area contributed by atoms with Crippen molar-refractivity contribution in [2.75, 3.05) is 54.4 Å². The number of aromatic amines is 2. The first-order valence-corrected chi connectivity index (χ1v) is 24.1. The summed E-state index contributed by atoms with van der Waals surface area (Å²) >= 11 is 0. The highest BCUT2D eigenvalue weighted by atomic mass is 19.4. The molecule has 0 spiro atoms. The number of carbonyl (C=O) groups is 6. The Labute approximate surface area is 405 Å². The molecule has 6 aliphatic rings. The van der Waals surface area contributed by atoms with Gasteiger partial charge in [0.15, 0.2) is 0 Å². The van der Waals surface area contributed by atoms with Crippen LogP contribution in [0.2, 0.25) is 0 Å². The number of nitrogens with one attached hydrogen (secondary N) is 5. The number of ether oxygens (including phenoxy) is 2. The molecule has 0 aliphatic heterocycles. The van der Waals surface area contributed by atoms with Crippen molar-refractivity contribution in [3.63, 3.8) is 0 Å². The van der Waals surface area contributed by atoms with Crippen LogP contribution in [0.25, 0.3) is 21.8 Å². The third kappa shape index (κ3) is 10.7. The third-order valence-corrected chi connectivity index (χ3v) is 15.1. The fourth-order valence-corrected chi connectivity index (χ4v) is 12.0. The number of nitrogens with zero attached hydrogens (tertiary/aromatic N) is 2. The van der Waals surface area contributed by atoms with Gasteiger partial charge in [-0.2, -0.15) is 26.3 Å². The van der Waals surface area contributed by atoms with Crippen LogP contribution in [-0.2, 0) is 41.0 Å². The van der Waals surface area contributed by atoms with Crippen molar-refractivity contribution in [2.24, 2.45) is 47.3 Å². The second-order valence-corrected chi connectivity index (χ2v) is 20.1. The molecular formula is C50H59F6N7O8. The van der Waals surface area contributed by atoms with E-state index in [2.05, 4.69) is 25.9 Å². The number of aromatic nitrogens is 2. The van der Waals surface area contributed by atoms with Crippen molar-refractivity contribution in [3.05, 3.63) is 71.0 Å². The Balaban J connectivity index is 1.08. The lowest BCUT2D eigenvalue weighted by Gasteiger charge is -2.51. The number of benzene rings is 2. The average Bonchev–Trinajstić information content (AvgIpc) is 3.96. The molecule has 6 aliphatic carbocycles. The van der Waals surface area contributed by atoms with Gasteiger partial charge in [-0.05, 0) is 129 Å². The molecule has 71 heavy (non-hydrogen) atoms. The number of amides is 4. The molecular weight excluding hydrogens is 941 g/mol. The summed E-state index contributed by atoms with van der Waals surface area (Å²) in [6.07, 6.45) is -6.55. The topological polar surface area (TPSA) is 195 Å². The van der Waals surface area contributed by atoms with Crippen molar-refractivity contribution in [1.82, 2.24) is 35.7 Å². The Bertz CT molecular complexity index is 2480. The van der Waals surface area contributed by atoms with Crippen LogP contribution in [0.5, 0.6) is 0 Å². The van der Waals surface area contributed by atoms with E-state index in [-0.39, 0.29) is 71.7 Å². The summed E-state index contributed by atoms with van der Waals surface area (Å²) in [5.74, 6) is -12.1. The van der Waals surface area contributed by atoms with Crippen molar-refractivity contribution in [3.8, 4) is 0 Å². The van der Waals surface area contributed by atoms with Crippen LogP contribution in [0.3, 0.4) is 0 Å². The van der Waals surface area contributed by atoms with Crippen molar-refractivity contribution in [2.45, 2.75) is 75.9 Å². The molecule has 2 heterocycles. The number of carbonyl (C=O) groups excluding carboxylic acids is 6. The highest BCUT2D eigenvalue weighted by Crippen LogP contribution is 2.53. The summed E-state index contributed by atoms with van der Waals surface area (Å²) in [5.41, 5.74) is -2.70. The maximum Gasteiger partial charge on any atom is 0.417 e. The van der Waals surface area contributed by atoms with E-state index in [0.717, 1.165) is 24.5 Å². The fraction of sp³-hybridized carbons (Fsp3) is 0.560. The van der Waals surface area contributed by atoms with Gasteiger partial charge in [-0.25, -0.2) is 9.59 Å². The molecule has 4 amide bonds. The first-order chi connectivity index (χ1) is 33.6. The first kappa shape index (κ1) is 51.4.